The number of carbonyl (C=O) groups is 1. The second kappa shape index (κ2) is 4.76. The summed E-state index contributed by atoms with van der Waals surface area (Å²) in [6.07, 6.45) is 1.47. The van der Waals surface area contributed by atoms with Crippen LogP contribution in [-0.2, 0) is 0 Å². The minimum absolute atomic E-state index is 0.0293. The van der Waals surface area contributed by atoms with Crippen LogP contribution in [0, 0.1) is 5.82 Å². The van der Waals surface area contributed by atoms with E-state index < -0.39 is 17.4 Å². The Morgan fingerprint density at radius 1 is 1.43 bits per heavy atom. The first-order chi connectivity index (χ1) is 10.0. The number of benzene rings is 1. The fraction of sp³-hybridized carbons (Fsp3) is 0.286. The number of pyridine rings is 1. The number of aromatic nitrogens is 1. The zero-order valence-electron chi connectivity index (χ0n) is 11.1. The lowest BCUT2D eigenvalue weighted by Gasteiger charge is -2.15. The number of rotatable bonds is 3. The Bertz CT molecular complexity index is 794. The third-order valence-corrected chi connectivity index (χ3v) is 3.41. The first kappa shape index (κ1) is 13.4. The highest BCUT2D eigenvalue weighted by molar-refractivity contribution is 5.87. The average Bonchev–Trinajstić information content (AvgIpc) is 3.25. The van der Waals surface area contributed by atoms with Crippen molar-refractivity contribution in [3.05, 3.63) is 34.4 Å². The van der Waals surface area contributed by atoms with E-state index in [2.05, 4.69) is 4.74 Å². The van der Waals surface area contributed by atoms with Gasteiger partial charge in [-0.2, -0.15) is 0 Å². The zero-order valence-corrected chi connectivity index (χ0v) is 11.1. The number of hydrogen-bond acceptors (Lipinski definition) is 4. The number of carboxylic acid groups (broad SMARTS) is 1. The van der Waals surface area contributed by atoms with Gasteiger partial charge < -0.3 is 19.1 Å². The molecule has 21 heavy (non-hydrogen) atoms. The molecule has 1 saturated carbocycles. The van der Waals surface area contributed by atoms with Crippen LogP contribution in [0.15, 0.2) is 23.1 Å². The van der Waals surface area contributed by atoms with Gasteiger partial charge in [-0.15, -0.1) is 0 Å². The van der Waals surface area contributed by atoms with Gasteiger partial charge in [-0.1, -0.05) is 0 Å². The smallest absolute Gasteiger partial charge is 0.492 e. The summed E-state index contributed by atoms with van der Waals surface area (Å²) in [5.74, 6) is -0.903. The van der Waals surface area contributed by atoms with Crippen molar-refractivity contribution in [2.75, 3.05) is 7.11 Å². The molecule has 0 spiro atoms. The predicted octanol–water partition coefficient (Wildman–Crippen LogP) is 2.54. The van der Waals surface area contributed by atoms with E-state index in [9.17, 15) is 14.0 Å². The molecule has 1 aromatic carbocycles. The van der Waals surface area contributed by atoms with Gasteiger partial charge in [0, 0.05) is 6.04 Å². The number of fused-ring (bicyclic) bond motifs is 1. The van der Waals surface area contributed by atoms with Crippen LogP contribution >= 0.6 is 0 Å². The van der Waals surface area contributed by atoms with E-state index in [0.29, 0.717) is 5.52 Å². The fourth-order valence-corrected chi connectivity index (χ4v) is 2.37. The highest BCUT2D eigenvalue weighted by Crippen LogP contribution is 2.40. The van der Waals surface area contributed by atoms with E-state index in [1.54, 1.807) is 4.57 Å². The summed E-state index contributed by atoms with van der Waals surface area (Å²) in [4.78, 5) is 22.9. The molecule has 7 heteroatoms. The molecule has 0 amide bonds. The molecule has 110 valence electrons. The third-order valence-electron chi connectivity index (χ3n) is 3.41. The quantitative estimate of drug-likeness (QED) is 0.880. The fourth-order valence-electron chi connectivity index (χ4n) is 2.37. The van der Waals surface area contributed by atoms with Gasteiger partial charge in [0.15, 0.2) is 17.3 Å². The Morgan fingerprint density at radius 2 is 2.14 bits per heavy atom. The summed E-state index contributed by atoms with van der Waals surface area (Å²) in [6.45, 7) is 0. The maximum Gasteiger partial charge on any atom is 0.511 e. The van der Waals surface area contributed by atoms with Crippen molar-refractivity contribution in [3.8, 4) is 11.5 Å². The van der Waals surface area contributed by atoms with Crippen LogP contribution in [0.3, 0.4) is 0 Å². The largest absolute Gasteiger partial charge is 0.511 e. The molecule has 1 heterocycles. The maximum atomic E-state index is 13.9. The van der Waals surface area contributed by atoms with Crippen molar-refractivity contribution in [1.82, 2.24) is 4.57 Å². The Balaban J connectivity index is 2.37. The third kappa shape index (κ3) is 2.20. The summed E-state index contributed by atoms with van der Waals surface area (Å²) in [7, 11) is 1.32. The molecule has 6 nitrogen and oxygen atoms in total. The number of halogens is 1. The van der Waals surface area contributed by atoms with Crippen molar-refractivity contribution in [1.29, 1.82) is 0 Å². The van der Waals surface area contributed by atoms with E-state index in [-0.39, 0.29) is 22.9 Å². The molecular formula is C14H12FNO5. The Morgan fingerprint density at radius 3 is 2.71 bits per heavy atom. The first-order valence-electron chi connectivity index (χ1n) is 6.35. The lowest BCUT2D eigenvalue weighted by atomic mass is 10.1. The van der Waals surface area contributed by atoms with Crippen LogP contribution in [-0.4, -0.2) is 22.9 Å². The molecule has 1 fully saturated rings. The number of hydrogen-bond donors (Lipinski definition) is 1. The van der Waals surface area contributed by atoms with E-state index in [0.717, 1.165) is 18.9 Å². The number of nitrogens with zero attached hydrogens (tertiary/aromatic N) is 1. The monoisotopic (exact) mass is 293 g/mol. The zero-order chi connectivity index (χ0) is 15.1. The van der Waals surface area contributed by atoms with Crippen molar-refractivity contribution in [2.45, 2.75) is 18.9 Å². The number of ether oxygens (including phenoxy) is 2. The van der Waals surface area contributed by atoms with E-state index >= 15 is 0 Å². The molecule has 0 bridgehead atoms. The Kier molecular flexibility index (Phi) is 3.04. The topological polar surface area (TPSA) is 77.8 Å². The molecule has 1 aliphatic carbocycles. The highest BCUT2D eigenvalue weighted by Gasteiger charge is 2.28. The SMILES string of the molecule is COc1c(F)ccc2c(=O)c(OC(=O)O)cn(C3CC3)c12. The van der Waals surface area contributed by atoms with Gasteiger partial charge in [0.2, 0.25) is 5.43 Å². The molecule has 2 aromatic rings. The van der Waals surface area contributed by atoms with Crippen LogP contribution in [0.2, 0.25) is 0 Å². The molecule has 0 radical (unpaired) electrons. The van der Waals surface area contributed by atoms with Gasteiger partial charge in [-0.25, -0.2) is 9.18 Å². The van der Waals surface area contributed by atoms with E-state index in [4.69, 9.17) is 9.84 Å². The summed E-state index contributed by atoms with van der Waals surface area (Å²) < 4.78 is 25.1. The molecule has 0 aliphatic heterocycles. The summed E-state index contributed by atoms with van der Waals surface area (Å²) in [6, 6.07) is 2.51. The van der Waals surface area contributed by atoms with Gasteiger partial charge in [0.1, 0.15) is 0 Å². The second-order valence-corrected chi connectivity index (χ2v) is 4.81. The van der Waals surface area contributed by atoms with Gasteiger partial charge in [-0.3, -0.25) is 4.79 Å². The standard InChI is InChI=1S/C14H12FNO5/c1-20-13-9(15)5-4-8-11(13)16(7-2-3-7)6-10(12(8)17)21-14(18)19/h4-7H,2-3H2,1H3,(H,18,19). The van der Waals surface area contributed by atoms with Crippen LogP contribution < -0.4 is 14.9 Å². The minimum Gasteiger partial charge on any atom is -0.492 e. The lowest BCUT2D eigenvalue weighted by molar-refractivity contribution is 0.143. The minimum atomic E-state index is -1.57. The van der Waals surface area contributed by atoms with Gasteiger partial charge in [0.25, 0.3) is 0 Å². The molecule has 0 unspecified atom stereocenters. The summed E-state index contributed by atoms with van der Waals surface area (Å²) in [5, 5.41) is 8.86. The van der Waals surface area contributed by atoms with Crippen molar-refractivity contribution in [2.24, 2.45) is 0 Å². The Hall–Kier alpha value is -2.57. The van der Waals surface area contributed by atoms with Crippen LogP contribution in [0.25, 0.3) is 10.9 Å². The van der Waals surface area contributed by atoms with Crippen molar-refractivity contribution in [3.63, 3.8) is 0 Å². The summed E-state index contributed by atoms with van der Waals surface area (Å²) >= 11 is 0. The molecule has 3 rings (SSSR count). The average molecular weight is 293 g/mol. The number of methoxy groups -OCH3 is 1. The molecule has 0 atom stereocenters. The second-order valence-electron chi connectivity index (χ2n) is 4.81. The highest BCUT2D eigenvalue weighted by atomic mass is 19.1. The van der Waals surface area contributed by atoms with Gasteiger partial charge >= 0.3 is 6.16 Å². The first-order valence-corrected chi connectivity index (χ1v) is 6.35. The Labute approximate surface area is 118 Å². The van der Waals surface area contributed by atoms with E-state index in [1.165, 1.54) is 19.4 Å². The van der Waals surface area contributed by atoms with Crippen molar-refractivity contribution >= 4 is 17.1 Å². The van der Waals surface area contributed by atoms with Crippen LogP contribution in [0.1, 0.15) is 18.9 Å². The summed E-state index contributed by atoms with van der Waals surface area (Å²) in [5.41, 5.74) is -0.287. The molecule has 0 saturated heterocycles. The molecule has 1 N–H and O–H groups in total. The van der Waals surface area contributed by atoms with Crippen molar-refractivity contribution < 1.29 is 23.8 Å². The molecule has 1 aromatic heterocycles. The van der Waals surface area contributed by atoms with Crippen LogP contribution in [0.4, 0.5) is 9.18 Å². The van der Waals surface area contributed by atoms with E-state index in [1.807, 2.05) is 0 Å². The molecule has 1 aliphatic rings. The predicted molar refractivity (Wildman–Crippen MR) is 71.6 cm³/mol. The maximum absolute atomic E-state index is 13.9. The normalized spacial score (nSPS) is 14.2. The van der Waals surface area contributed by atoms with Crippen LogP contribution in [0.5, 0.6) is 11.5 Å². The molecular weight excluding hydrogens is 281 g/mol. The van der Waals surface area contributed by atoms with Gasteiger partial charge in [-0.05, 0) is 25.0 Å². The lowest BCUT2D eigenvalue weighted by Crippen LogP contribution is -2.16. The van der Waals surface area contributed by atoms with Gasteiger partial charge in [0.05, 0.1) is 24.2 Å².